The van der Waals surface area contributed by atoms with Gasteiger partial charge >= 0.3 is 0 Å². The number of aromatic nitrogens is 2. The van der Waals surface area contributed by atoms with Crippen LogP contribution in [0.25, 0.3) is 27.7 Å². The number of nitrogens with one attached hydrogen (secondary N) is 1. The van der Waals surface area contributed by atoms with Crippen LogP contribution in [0.3, 0.4) is 0 Å². The van der Waals surface area contributed by atoms with Crippen LogP contribution >= 0.6 is 11.8 Å². The Labute approximate surface area is 192 Å². The number of hydrogen-bond donors (Lipinski definition) is 2. The summed E-state index contributed by atoms with van der Waals surface area (Å²) >= 11 is 1.89. The van der Waals surface area contributed by atoms with E-state index in [0.717, 1.165) is 23.5 Å². The van der Waals surface area contributed by atoms with E-state index in [1.165, 1.54) is 11.6 Å². The lowest BCUT2D eigenvalue weighted by Gasteiger charge is -2.15. The van der Waals surface area contributed by atoms with Crippen LogP contribution in [0.2, 0.25) is 0 Å². The van der Waals surface area contributed by atoms with E-state index in [2.05, 4.69) is 16.0 Å². The number of aliphatic hydroxyl groups is 1. The number of hydrogen-bond acceptors (Lipinski definition) is 6. The van der Waals surface area contributed by atoms with Crippen LogP contribution in [-0.4, -0.2) is 64.2 Å². The van der Waals surface area contributed by atoms with Crippen LogP contribution in [0.4, 0.5) is 8.78 Å². The van der Waals surface area contributed by atoms with Crippen LogP contribution in [0.5, 0.6) is 6.01 Å². The van der Waals surface area contributed by atoms with E-state index in [-0.39, 0.29) is 35.8 Å². The second-order valence-electron chi connectivity index (χ2n) is 8.44. The third-order valence-corrected chi connectivity index (χ3v) is 7.30. The number of halogens is 2. The molecule has 0 saturated carbocycles. The summed E-state index contributed by atoms with van der Waals surface area (Å²) in [6, 6.07) is 8.59. The van der Waals surface area contributed by atoms with Crippen LogP contribution in [0, 0.1) is 11.6 Å². The number of H-pyrrole nitrogens is 1. The van der Waals surface area contributed by atoms with Crippen LogP contribution in [0.1, 0.15) is 12.0 Å². The number of benzene rings is 2. The zero-order chi connectivity index (χ0) is 22.5. The van der Waals surface area contributed by atoms with Gasteiger partial charge in [0.1, 0.15) is 29.6 Å². The lowest BCUT2D eigenvalue weighted by Crippen LogP contribution is -2.34. The fraction of sp³-hybridized carbons (Fsp3) is 0.375. The Morgan fingerprint density at radius 3 is 2.67 bits per heavy atom. The van der Waals surface area contributed by atoms with E-state index in [9.17, 15) is 9.50 Å². The number of thioether (sulfide) groups is 1. The fourth-order valence-electron chi connectivity index (χ4n) is 4.71. The Balaban J connectivity index is 1.29. The fourth-order valence-corrected chi connectivity index (χ4v) is 5.56. The molecule has 33 heavy (non-hydrogen) atoms. The van der Waals surface area contributed by atoms with E-state index in [0.29, 0.717) is 5.56 Å². The number of imidazole rings is 1. The molecule has 2 fully saturated rings. The molecule has 0 amide bonds. The average molecular weight is 473 g/mol. The van der Waals surface area contributed by atoms with Gasteiger partial charge in [0.05, 0.1) is 24.3 Å². The van der Waals surface area contributed by atoms with Crippen LogP contribution in [-0.2, 0) is 9.47 Å². The molecule has 6 nitrogen and oxygen atoms in total. The zero-order valence-corrected chi connectivity index (χ0v) is 18.4. The van der Waals surface area contributed by atoms with E-state index in [1.54, 1.807) is 12.1 Å². The maximum atomic E-state index is 15.4. The molecule has 0 unspecified atom stereocenters. The van der Waals surface area contributed by atoms with Gasteiger partial charge in [-0.2, -0.15) is 16.7 Å². The van der Waals surface area contributed by atoms with Crippen molar-refractivity contribution in [3.8, 4) is 17.1 Å². The smallest absolute Gasteiger partial charge is 0.295 e. The van der Waals surface area contributed by atoms with Crippen molar-refractivity contribution in [2.24, 2.45) is 0 Å². The molecule has 6 rings (SSSR count). The molecule has 0 radical (unpaired) electrons. The molecule has 0 bridgehead atoms. The van der Waals surface area contributed by atoms with Gasteiger partial charge in [-0.1, -0.05) is 30.3 Å². The summed E-state index contributed by atoms with van der Waals surface area (Å²) in [6.07, 6.45) is 1.12. The first-order chi connectivity index (χ1) is 16.1. The second-order valence-corrected chi connectivity index (χ2v) is 9.59. The van der Waals surface area contributed by atoms with Gasteiger partial charge in [0.2, 0.25) is 0 Å². The lowest BCUT2D eigenvalue weighted by molar-refractivity contribution is 0.00706. The summed E-state index contributed by atoms with van der Waals surface area (Å²) in [4.78, 5) is 7.05. The van der Waals surface area contributed by atoms with Gasteiger partial charge < -0.3 is 24.3 Å². The van der Waals surface area contributed by atoms with Crippen molar-refractivity contribution in [1.82, 2.24) is 9.97 Å². The van der Waals surface area contributed by atoms with Crippen molar-refractivity contribution in [2.45, 2.75) is 30.8 Å². The minimum absolute atomic E-state index is 0.000306. The van der Waals surface area contributed by atoms with Crippen molar-refractivity contribution in [2.75, 3.05) is 24.7 Å². The third-order valence-electron chi connectivity index (χ3n) is 6.40. The van der Waals surface area contributed by atoms with E-state index < -0.39 is 36.1 Å². The molecule has 3 aromatic rings. The standard InChI is InChI=1S/C24H22F2N2O4S/c25-15-9-16-21(28-24(27-16)32-18-11-31-22-17(29)10-30-23(18)22)20(26)19(15)14-3-1-12(2-4-14)13-5-7-33-8-6-13/h1-5,9,17-18,22-23,29H,6-8,10-11H2,(H,27,28)/t17-,18-,22-,23-/m1/s1. The summed E-state index contributed by atoms with van der Waals surface area (Å²) in [7, 11) is 0. The van der Waals surface area contributed by atoms with Crippen molar-refractivity contribution >= 4 is 28.4 Å². The van der Waals surface area contributed by atoms with E-state index in [4.69, 9.17) is 14.2 Å². The van der Waals surface area contributed by atoms with Crippen molar-refractivity contribution in [1.29, 1.82) is 0 Å². The minimum Gasteiger partial charge on any atom is -0.456 e. The maximum Gasteiger partial charge on any atom is 0.295 e. The summed E-state index contributed by atoms with van der Waals surface area (Å²) in [5.41, 5.74) is 2.88. The number of fused-ring (bicyclic) bond motifs is 2. The molecule has 3 aliphatic rings. The molecule has 9 heteroatoms. The highest BCUT2D eigenvalue weighted by Gasteiger charge is 2.48. The maximum absolute atomic E-state index is 15.4. The molecule has 0 aliphatic carbocycles. The Bertz CT molecular complexity index is 1230. The highest BCUT2D eigenvalue weighted by Crippen LogP contribution is 2.35. The number of allylic oxidation sites excluding steroid dienone is 1. The van der Waals surface area contributed by atoms with Crippen molar-refractivity contribution in [3.63, 3.8) is 0 Å². The predicted octanol–water partition coefficient (Wildman–Crippen LogP) is 3.93. The first kappa shape index (κ1) is 21.1. The number of aromatic amines is 1. The summed E-state index contributed by atoms with van der Waals surface area (Å²) < 4.78 is 47.2. The van der Waals surface area contributed by atoms with Crippen molar-refractivity contribution in [3.05, 3.63) is 53.6 Å². The molecular formula is C24H22F2N2O4S. The monoisotopic (exact) mass is 472 g/mol. The summed E-state index contributed by atoms with van der Waals surface area (Å²) in [6.45, 7) is 0.389. The van der Waals surface area contributed by atoms with Gasteiger partial charge in [-0.15, -0.1) is 0 Å². The topological polar surface area (TPSA) is 76.6 Å². The Morgan fingerprint density at radius 1 is 1.09 bits per heavy atom. The summed E-state index contributed by atoms with van der Waals surface area (Å²) in [5, 5.41) is 9.87. The average Bonchev–Trinajstić information content (AvgIpc) is 3.52. The van der Waals surface area contributed by atoms with Gasteiger partial charge in [-0.25, -0.2) is 8.78 Å². The van der Waals surface area contributed by atoms with Crippen LogP contribution in [0.15, 0.2) is 36.4 Å². The molecule has 2 saturated heterocycles. The van der Waals surface area contributed by atoms with Crippen LogP contribution < -0.4 is 4.74 Å². The highest BCUT2D eigenvalue weighted by molar-refractivity contribution is 7.99. The summed E-state index contributed by atoms with van der Waals surface area (Å²) in [5.74, 6) is 0.646. The lowest BCUT2D eigenvalue weighted by atomic mass is 9.98. The number of rotatable bonds is 4. The first-order valence-electron chi connectivity index (χ1n) is 10.9. The van der Waals surface area contributed by atoms with Gasteiger partial charge in [-0.3, -0.25) is 0 Å². The quantitative estimate of drug-likeness (QED) is 0.599. The van der Waals surface area contributed by atoms with E-state index >= 15 is 4.39 Å². The molecular weight excluding hydrogens is 450 g/mol. The predicted molar refractivity (Wildman–Crippen MR) is 121 cm³/mol. The number of nitrogens with zero attached hydrogens (tertiary/aromatic N) is 1. The van der Waals surface area contributed by atoms with E-state index in [1.807, 2.05) is 23.9 Å². The van der Waals surface area contributed by atoms with Gasteiger partial charge in [0.15, 0.2) is 11.9 Å². The number of ether oxygens (including phenoxy) is 3. The SMILES string of the molecule is O[C@@H]1CO[C@H]2[C@@H]1OC[C@H]2Oc1nc2c(F)c(-c3ccc(C4=CCSCC4)cc3)c(F)cc2[nH]1. The largest absolute Gasteiger partial charge is 0.456 e. The Morgan fingerprint density at radius 2 is 1.88 bits per heavy atom. The number of aliphatic hydroxyl groups excluding tert-OH is 1. The Hall–Kier alpha value is -2.46. The molecule has 4 atom stereocenters. The molecule has 2 N–H and O–H groups in total. The normalized spacial score (nSPS) is 27.1. The van der Waals surface area contributed by atoms with Gasteiger partial charge in [0.25, 0.3) is 6.01 Å². The molecule has 0 spiro atoms. The van der Waals surface area contributed by atoms with Gasteiger partial charge in [-0.05, 0) is 28.9 Å². The molecule has 2 aromatic carbocycles. The second kappa shape index (κ2) is 8.39. The first-order valence-corrected chi connectivity index (χ1v) is 12.1. The zero-order valence-electron chi connectivity index (χ0n) is 17.6. The highest BCUT2D eigenvalue weighted by atomic mass is 32.2. The third kappa shape index (κ3) is 3.73. The molecule has 4 heterocycles. The molecule has 172 valence electrons. The Kier molecular flexibility index (Phi) is 5.37. The molecule has 3 aliphatic heterocycles. The minimum atomic E-state index is -0.745. The molecule has 1 aromatic heterocycles. The van der Waals surface area contributed by atoms with Gasteiger partial charge in [0, 0.05) is 11.8 Å². The van der Waals surface area contributed by atoms with Crippen molar-refractivity contribution < 1.29 is 28.1 Å².